The van der Waals surface area contributed by atoms with E-state index in [0.29, 0.717) is 32.6 Å². The summed E-state index contributed by atoms with van der Waals surface area (Å²) in [6, 6.07) is 0. The van der Waals surface area contributed by atoms with E-state index in [4.69, 9.17) is 4.74 Å². The highest BCUT2D eigenvalue weighted by Crippen LogP contribution is 2.01. The SMILES string of the molecule is CCCN(CC(=O)OC)C(=O)CCCOCC. The predicted molar refractivity (Wildman–Crippen MR) is 64.6 cm³/mol. The molecule has 0 fully saturated rings. The van der Waals surface area contributed by atoms with Gasteiger partial charge in [0.2, 0.25) is 5.91 Å². The Hall–Kier alpha value is -1.10. The molecule has 0 saturated carbocycles. The summed E-state index contributed by atoms with van der Waals surface area (Å²) in [5.41, 5.74) is 0. The third-order valence-corrected chi connectivity index (χ3v) is 2.28. The van der Waals surface area contributed by atoms with Gasteiger partial charge in [0.15, 0.2) is 0 Å². The number of carbonyl (C=O) groups excluding carboxylic acids is 2. The number of nitrogens with zero attached hydrogens (tertiary/aromatic N) is 1. The third-order valence-electron chi connectivity index (χ3n) is 2.28. The minimum absolute atomic E-state index is 0.0167. The molecule has 0 bridgehead atoms. The van der Waals surface area contributed by atoms with Crippen molar-refractivity contribution in [2.75, 3.05) is 33.4 Å². The molecule has 0 aromatic rings. The van der Waals surface area contributed by atoms with Crippen LogP contribution in [0.4, 0.5) is 0 Å². The number of rotatable bonds is 9. The predicted octanol–water partition coefficient (Wildman–Crippen LogP) is 1.21. The van der Waals surface area contributed by atoms with E-state index in [1.807, 2.05) is 13.8 Å². The van der Waals surface area contributed by atoms with Crippen LogP contribution in [0.5, 0.6) is 0 Å². The summed E-state index contributed by atoms with van der Waals surface area (Å²) in [5.74, 6) is -0.395. The molecule has 0 aromatic carbocycles. The van der Waals surface area contributed by atoms with Crippen molar-refractivity contribution in [3.05, 3.63) is 0 Å². The topological polar surface area (TPSA) is 55.8 Å². The van der Waals surface area contributed by atoms with Gasteiger partial charge in [-0.15, -0.1) is 0 Å². The summed E-state index contributed by atoms with van der Waals surface area (Å²) in [6.07, 6.45) is 1.93. The van der Waals surface area contributed by atoms with Gasteiger partial charge in [0.05, 0.1) is 7.11 Å². The molecule has 0 saturated heterocycles. The van der Waals surface area contributed by atoms with Crippen molar-refractivity contribution >= 4 is 11.9 Å². The van der Waals surface area contributed by atoms with E-state index in [1.165, 1.54) is 12.0 Å². The highest BCUT2D eigenvalue weighted by molar-refractivity contribution is 5.81. The molecule has 0 aliphatic heterocycles. The molecule has 0 N–H and O–H groups in total. The monoisotopic (exact) mass is 245 g/mol. The zero-order valence-corrected chi connectivity index (χ0v) is 11.0. The van der Waals surface area contributed by atoms with Crippen LogP contribution >= 0.6 is 0 Å². The van der Waals surface area contributed by atoms with Gasteiger partial charge in [-0.05, 0) is 19.8 Å². The van der Waals surface area contributed by atoms with Crippen molar-refractivity contribution in [2.45, 2.75) is 33.1 Å². The fourth-order valence-corrected chi connectivity index (χ4v) is 1.41. The highest BCUT2D eigenvalue weighted by Gasteiger charge is 2.15. The molecular weight excluding hydrogens is 222 g/mol. The van der Waals surface area contributed by atoms with Crippen LogP contribution in [0.3, 0.4) is 0 Å². The zero-order chi connectivity index (χ0) is 13.1. The average Bonchev–Trinajstić information content (AvgIpc) is 2.33. The average molecular weight is 245 g/mol. The van der Waals surface area contributed by atoms with Gasteiger partial charge in [-0.1, -0.05) is 6.92 Å². The zero-order valence-electron chi connectivity index (χ0n) is 11.0. The van der Waals surface area contributed by atoms with E-state index in [0.717, 1.165) is 6.42 Å². The Balaban J connectivity index is 4.01. The summed E-state index contributed by atoms with van der Waals surface area (Å²) < 4.78 is 9.73. The van der Waals surface area contributed by atoms with Gasteiger partial charge in [-0.3, -0.25) is 9.59 Å². The van der Waals surface area contributed by atoms with Gasteiger partial charge in [-0.2, -0.15) is 0 Å². The first-order valence-electron chi connectivity index (χ1n) is 6.08. The fourth-order valence-electron chi connectivity index (χ4n) is 1.41. The Kier molecular flexibility index (Phi) is 9.43. The normalized spacial score (nSPS) is 10.1. The molecule has 0 atom stereocenters. The van der Waals surface area contributed by atoms with Gasteiger partial charge in [0, 0.05) is 26.2 Å². The molecule has 0 radical (unpaired) electrons. The van der Waals surface area contributed by atoms with E-state index in [2.05, 4.69) is 4.74 Å². The number of hydrogen-bond donors (Lipinski definition) is 0. The van der Waals surface area contributed by atoms with Crippen molar-refractivity contribution in [2.24, 2.45) is 0 Å². The van der Waals surface area contributed by atoms with Gasteiger partial charge >= 0.3 is 5.97 Å². The van der Waals surface area contributed by atoms with E-state index < -0.39 is 0 Å². The van der Waals surface area contributed by atoms with Crippen molar-refractivity contribution in [3.63, 3.8) is 0 Å². The second kappa shape index (κ2) is 10.1. The summed E-state index contributed by atoms with van der Waals surface area (Å²) in [5, 5.41) is 0. The first-order chi connectivity index (χ1) is 8.15. The molecule has 100 valence electrons. The molecule has 0 rings (SSSR count). The van der Waals surface area contributed by atoms with Crippen LogP contribution in [0, 0.1) is 0 Å². The smallest absolute Gasteiger partial charge is 0.325 e. The first kappa shape index (κ1) is 15.9. The Morgan fingerprint density at radius 1 is 1.24 bits per heavy atom. The Bertz CT molecular complexity index is 231. The van der Waals surface area contributed by atoms with Gasteiger partial charge in [0.1, 0.15) is 6.54 Å². The Labute approximate surface area is 103 Å². The lowest BCUT2D eigenvalue weighted by molar-refractivity contribution is -0.147. The highest BCUT2D eigenvalue weighted by atomic mass is 16.5. The maximum Gasteiger partial charge on any atom is 0.325 e. The number of methoxy groups -OCH3 is 1. The quantitative estimate of drug-likeness (QED) is 0.452. The number of hydrogen-bond acceptors (Lipinski definition) is 4. The summed E-state index contributed by atoms with van der Waals surface area (Å²) in [4.78, 5) is 24.5. The first-order valence-corrected chi connectivity index (χ1v) is 6.08. The van der Waals surface area contributed by atoms with Crippen LogP contribution in [0.25, 0.3) is 0 Å². The molecular formula is C12H23NO4. The third kappa shape index (κ3) is 7.74. The van der Waals surface area contributed by atoms with Crippen molar-refractivity contribution in [1.82, 2.24) is 4.90 Å². The van der Waals surface area contributed by atoms with E-state index in [9.17, 15) is 9.59 Å². The van der Waals surface area contributed by atoms with E-state index >= 15 is 0 Å². The van der Waals surface area contributed by atoms with Crippen LogP contribution in [0.1, 0.15) is 33.1 Å². The van der Waals surface area contributed by atoms with E-state index in [-0.39, 0.29) is 18.4 Å². The number of carbonyl (C=O) groups is 2. The summed E-state index contributed by atoms with van der Waals surface area (Å²) in [7, 11) is 1.33. The number of amides is 1. The van der Waals surface area contributed by atoms with Crippen LogP contribution in [0.2, 0.25) is 0 Å². The van der Waals surface area contributed by atoms with Crippen molar-refractivity contribution in [1.29, 1.82) is 0 Å². The fraction of sp³-hybridized carbons (Fsp3) is 0.833. The molecule has 0 aromatic heterocycles. The molecule has 0 spiro atoms. The lowest BCUT2D eigenvalue weighted by Gasteiger charge is -2.20. The lowest BCUT2D eigenvalue weighted by atomic mass is 10.2. The van der Waals surface area contributed by atoms with Gasteiger partial charge in [0.25, 0.3) is 0 Å². The van der Waals surface area contributed by atoms with Crippen molar-refractivity contribution in [3.8, 4) is 0 Å². The largest absolute Gasteiger partial charge is 0.468 e. The van der Waals surface area contributed by atoms with Crippen LogP contribution < -0.4 is 0 Å². The van der Waals surface area contributed by atoms with Gasteiger partial charge in [-0.25, -0.2) is 0 Å². The second-order valence-electron chi connectivity index (χ2n) is 3.69. The number of ether oxygens (including phenoxy) is 2. The molecule has 0 aliphatic carbocycles. The van der Waals surface area contributed by atoms with Crippen LogP contribution in [-0.2, 0) is 19.1 Å². The summed E-state index contributed by atoms with van der Waals surface area (Å²) in [6.45, 7) is 5.76. The van der Waals surface area contributed by atoms with Crippen LogP contribution in [0.15, 0.2) is 0 Å². The molecule has 5 nitrogen and oxygen atoms in total. The molecule has 0 heterocycles. The molecule has 0 aliphatic rings. The minimum atomic E-state index is -0.378. The maximum atomic E-state index is 11.8. The second-order valence-corrected chi connectivity index (χ2v) is 3.69. The molecule has 5 heteroatoms. The Morgan fingerprint density at radius 2 is 1.94 bits per heavy atom. The van der Waals surface area contributed by atoms with Gasteiger partial charge < -0.3 is 14.4 Å². The van der Waals surface area contributed by atoms with Crippen molar-refractivity contribution < 1.29 is 19.1 Å². The summed E-state index contributed by atoms with van der Waals surface area (Å²) >= 11 is 0. The minimum Gasteiger partial charge on any atom is -0.468 e. The number of esters is 1. The Morgan fingerprint density at radius 3 is 2.47 bits per heavy atom. The lowest BCUT2D eigenvalue weighted by Crippen LogP contribution is -2.36. The van der Waals surface area contributed by atoms with E-state index in [1.54, 1.807) is 0 Å². The van der Waals surface area contributed by atoms with Crippen LogP contribution in [-0.4, -0.2) is 50.2 Å². The molecule has 1 amide bonds. The molecule has 0 unspecified atom stereocenters. The maximum absolute atomic E-state index is 11.8. The standard InChI is InChI=1S/C12H23NO4/c1-4-8-13(10-12(15)16-3)11(14)7-6-9-17-5-2/h4-10H2,1-3H3. The molecule has 17 heavy (non-hydrogen) atoms.